The molecule has 8 nitrogen and oxygen atoms in total. The molecule has 1 aliphatic rings. The van der Waals surface area contributed by atoms with Crippen LogP contribution in [0.1, 0.15) is 30.4 Å². The fourth-order valence-electron chi connectivity index (χ4n) is 3.74. The number of benzene rings is 2. The molecule has 3 rings (SSSR count). The number of guanidine groups is 1. The minimum absolute atomic E-state index is 0.0935. The molecule has 8 heteroatoms. The van der Waals surface area contributed by atoms with E-state index in [1.165, 1.54) is 17.7 Å². The van der Waals surface area contributed by atoms with Crippen molar-refractivity contribution in [3.05, 3.63) is 75.8 Å². The normalized spacial score (nSPS) is 15.5. The minimum atomic E-state index is -0.387. The Morgan fingerprint density at radius 2 is 1.84 bits per heavy atom. The fourth-order valence-corrected chi connectivity index (χ4v) is 3.74. The zero-order valence-corrected chi connectivity index (χ0v) is 18.7. The highest BCUT2D eigenvalue weighted by Crippen LogP contribution is 2.15. The first-order chi connectivity index (χ1) is 15.6. The van der Waals surface area contributed by atoms with Crippen LogP contribution in [-0.2, 0) is 17.8 Å². The predicted molar refractivity (Wildman–Crippen MR) is 127 cm³/mol. The Morgan fingerprint density at radius 3 is 2.50 bits per heavy atom. The van der Waals surface area contributed by atoms with Gasteiger partial charge in [-0.1, -0.05) is 42.5 Å². The van der Waals surface area contributed by atoms with Crippen molar-refractivity contribution in [2.75, 3.05) is 33.4 Å². The monoisotopic (exact) mass is 439 g/mol. The SMILES string of the molecule is COCCCNC(=NCc1ccc([N+](=O)[O-])cc1)NC1CCN(Cc2ccccc2)CC1. The smallest absolute Gasteiger partial charge is 0.269 e. The molecular weight excluding hydrogens is 406 g/mol. The van der Waals surface area contributed by atoms with E-state index in [-0.39, 0.29) is 10.6 Å². The lowest BCUT2D eigenvalue weighted by atomic mass is 10.0. The third-order valence-corrected chi connectivity index (χ3v) is 5.56. The van der Waals surface area contributed by atoms with Gasteiger partial charge in [0.05, 0.1) is 11.5 Å². The Hall–Kier alpha value is -2.97. The van der Waals surface area contributed by atoms with Crippen LogP contribution in [0.15, 0.2) is 59.6 Å². The number of nitro groups is 1. The average Bonchev–Trinajstić information content (AvgIpc) is 2.82. The lowest BCUT2D eigenvalue weighted by molar-refractivity contribution is -0.384. The molecule has 1 saturated heterocycles. The Labute approximate surface area is 189 Å². The van der Waals surface area contributed by atoms with Gasteiger partial charge in [0, 0.05) is 58.1 Å². The van der Waals surface area contributed by atoms with Gasteiger partial charge in [0.25, 0.3) is 5.69 Å². The van der Waals surface area contributed by atoms with E-state index in [1.807, 2.05) is 0 Å². The molecule has 0 aromatic heterocycles. The molecule has 0 amide bonds. The summed E-state index contributed by atoms with van der Waals surface area (Å²) in [5.41, 5.74) is 2.38. The zero-order valence-electron chi connectivity index (χ0n) is 18.7. The van der Waals surface area contributed by atoms with Crippen molar-refractivity contribution < 1.29 is 9.66 Å². The molecule has 0 radical (unpaired) electrons. The van der Waals surface area contributed by atoms with Crippen molar-refractivity contribution in [3.63, 3.8) is 0 Å². The molecule has 2 N–H and O–H groups in total. The first-order valence-corrected chi connectivity index (χ1v) is 11.2. The first kappa shape index (κ1) is 23.7. The van der Waals surface area contributed by atoms with Gasteiger partial charge in [-0.2, -0.15) is 0 Å². The number of hydrogen-bond donors (Lipinski definition) is 2. The summed E-state index contributed by atoms with van der Waals surface area (Å²) in [6, 6.07) is 17.5. The van der Waals surface area contributed by atoms with E-state index in [4.69, 9.17) is 9.73 Å². The van der Waals surface area contributed by atoms with Crippen LogP contribution in [0.25, 0.3) is 0 Å². The van der Waals surface area contributed by atoms with Gasteiger partial charge >= 0.3 is 0 Å². The summed E-state index contributed by atoms with van der Waals surface area (Å²) in [5, 5.41) is 17.8. The third-order valence-electron chi connectivity index (χ3n) is 5.56. The summed E-state index contributed by atoms with van der Waals surface area (Å²) in [6.45, 7) is 5.01. The maximum atomic E-state index is 10.8. The second-order valence-electron chi connectivity index (χ2n) is 8.04. The van der Waals surface area contributed by atoms with Crippen LogP contribution in [0.4, 0.5) is 5.69 Å². The van der Waals surface area contributed by atoms with Gasteiger partial charge in [-0.15, -0.1) is 0 Å². The number of aliphatic imine (C=N–C) groups is 1. The van der Waals surface area contributed by atoms with E-state index < -0.39 is 0 Å². The summed E-state index contributed by atoms with van der Waals surface area (Å²) in [5.74, 6) is 0.779. The van der Waals surface area contributed by atoms with E-state index in [1.54, 1.807) is 19.2 Å². The van der Waals surface area contributed by atoms with E-state index in [9.17, 15) is 10.1 Å². The zero-order chi connectivity index (χ0) is 22.6. The largest absolute Gasteiger partial charge is 0.385 e. The van der Waals surface area contributed by atoms with Crippen molar-refractivity contribution in [1.29, 1.82) is 0 Å². The summed E-state index contributed by atoms with van der Waals surface area (Å²) in [4.78, 5) is 17.7. The van der Waals surface area contributed by atoms with Crippen LogP contribution < -0.4 is 10.6 Å². The second-order valence-corrected chi connectivity index (χ2v) is 8.04. The highest BCUT2D eigenvalue weighted by atomic mass is 16.6. The average molecular weight is 440 g/mol. The molecule has 1 fully saturated rings. The van der Waals surface area contributed by atoms with Crippen molar-refractivity contribution in [1.82, 2.24) is 15.5 Å². The van der Waals surface area contributed by atoms with Crippen LogP contribution in [-0.4, -0.2) is 55.2 Å². The predicted octanol–water partition coefficient (Wildman–Crippen LogP) is 3.33. The number of nitrogens with one attached hydrogen (secondary N) is 2. The van der Waals surface area contributed by atoms with Gasteiger partial charge in [0.15, 0.2) is 5.96 Å². The van der Waals surface area contributed by atoms with Crippen molar-refractivity contribution in [3.8, 4) is 0 Å². The highest BCUT2D eigenvalue weighted by molar-refractivity contribution is 5.80. The lowest BCUT2D eigenvalue weighted by Gasteiger charge is -2.33. The molecule has 0 bridgehead atoms. The number of methoxy groups -OCH3 is 1. The maximum absolute atomic E-state index is 10.8. The Bertz CT molecular complexity index is 850. The first-order valence-electron chi connectivity index (χ1n) is 11.2. The molecule has 2 aromatic rings. The molecule has 0 unspecified atom stereocenters. The van der Waals surface area contributed by atoms with Gasteiger partial charge in [-0.05, 0) is 30.4 Å². The summed E-state index contributed by atoms with van der Waals surface area (Å²) >= 11 is 0. The summed E-state index contributed by atoms with van der Waals surface area (Å²) < 4.78 is 5.13. The highest BCUT2D eigenvalue weighted by Gasteiger charge is 2.20. The number of nitro benzene ring substituents is 1. The summed E-state index contributed by atoms with van der Waals surface area (Å²) in [7, 11) is 1.70. The number of non-ortho nitro benzene ring substituents is 1. The van der Waals surface area contributed by atoms with Gasteiger partial charge in [-0.25, -0.2) is 4.99 Å². The fraction of sp³-hybridized carbons (Fsp3) is 0.458. The summed E-state index contributed by atoms with van der Waals surface area (Å²) in [6.07, 6.45) is 3.01. The van der Waals surface area contributed by atoms with Gasteiger partial charge < -0.3 is 15.4 Å². The molecule has 0 aliphatic carbocycles. The second kappa shape index (κ2) is 12.8. The van der Waals surface area contributed by atoms with Crippen LogP contribution in [0, 0.1) is 10.1 Å². The maximum Gasteiger partial charge on any atom is 0.269 e. The number of hydrogen-bond acceptors (Lipinski definition) is 5. The Kier molecular flexibility index (Phi) is 9.46. The van der Waals surface area contributed by atoms with Crippen LogP contribution in [0.2, 0.25) is 0 Å². The molecule has 172 valence electrons. The number of rotatable bonds is 10. The van der Waals surface area contributed by atoms with Gasteiger partial charge in [0.2, 0.25) is 0 Å². The minimum Gasteiger partial charge on any atom is -0.385 e. The topological polar surface area (TPSA) is 92.0 Å². The van der Waals surface area contributed by atoms with Crippen LogP contribution in [0.3, 0.4) is 0 Å². The van der Waals surface area contributed by atoms with Gasteiger partial charge in [-0.3, -0.25) is 15.0 Å². The molecule has 32 heavy (non-hydrogen) atoms. The van der Waals surface area contributed by atoms with Crippen molar-refractivity contribution >= 4 is 11.6 Å². The quantitative estimate of drug-likeness (QED) is 0.194. The number of likely N-dealkylation sites (tertiary alicyclic amines) is 1. The van der Waals surface area contributed by atoms with E-state index in [2.05, 4.69) is 45.9 Å². The third kappa shape index (κ3) is 7.94. The molecule has 1 heterocycles. The van der Waals surface area contributed by atoms with E-state index in [0.717, 1.165) is 57.0 Å². The number of ether oxygens (including phenoxy) is 1. The van der Waals surface area contributed by atoms with Crippen LogP contribution in [0.5, 0.6) is 0 Å². The van der Waals surface area contributed by atoms with Crippen molar-refractivity contribution in [2.45, 2.75) is 38.4 Å². The van der Waals surface area contributed by atoms with Crippen LogP contribution >= 0.6 is 0 Å². The molecule has 1 aliphatic heterocycles. The van der Waals surface area contributed by atoms with E-state index >= 15 is 0 Å². The standard InChI is InChI=1S/C24H33N5O3/c1-32-17-5-14-25-24(26-18-20-8-10-23(11-9-20)29(30)31)27-22-12-15-28(16-13-22)19-21-6-3-2-4-7-21/h2-4,6-11,22H,5,12-19H2,1H3,(H2,25,26,27). The molecule has 0 saturated carbocycles. The lowest BCUT2D eigenvalue weighted by Crippen LogP contribution is -2.48. The number of piperidine rings is 1. The Morgan fingerprint density at radius 1 is 1.12 bits per heavy atom. The van der Waals surface area contributed by atoms with Crippen molar-refractivity contribution in [2.24, 2.45) is 4.99 Å². The van der Waals surface area contributed by atoms with Gasteiger partial charge in [0.1, 0.15) is 0 Å². The number of nitrogens with zero attached hydrogens (tertiary/aromatic N) is 3. The molecule has 2 aromatic carbocycles. The molecule has 0 spiro atoms. The molecule has 0 atom stereocenters. The van der Waals surface area contributed by atoms with E-state index in [0.29, 0.717) is 19.2 Å². The molecular formula is C24H33N5O3. The Balaban J connectivity index is 1.52.